The van der Waals surface area contributed by atoms with Crippen LogP contribution < -0.4 is 16.8 Å². The Morgan fingerprint density at radius 2 is 1.75 bits per heavy atom. The Hall–Kier alpha value is -0.480. The second-order valence-corrected chi connectivity index (χ2v) is 3.12. The highest BCUT2D eigenvalue weighted by atomic mass is 35.5. The van der Waals surface area contributed by atoms with Crippen molar-refractivity contribution < 1.29 is 4.79 Å². The molecule has 0 aliphatic heterocycles. The van der Waals surface area contributed by atoms with Gasteiger partial charge in [0.25, 0.3) is 0 Å². The van der Waals surface area contributed by atoms with Crippen LogP contribution in [-0.4, -0.2) is 18.1 Å². The van der Waals surface area contributed by atoms with Gasteiger partial charge in [0.15, 0.2) is 0 Å². The van der Waals surface area contributed by atoms with E-state index in [-0.39, 0.29) is 18.4 Å². The van der Waals surface area contributed by atoms with Crippen molar-refractivity contribution in [2.45, 2.75) is 37.8 Å². The van der Waals surface area contributed by atoms with Crippen molar-refractivity contribution in [1.29, 1.82) is 0 Å². The molecule has 1 aliphatic carbocycles. The van der Waals surface area contributed by atoms with Gasteiger partial charge in [0.1, 0.15) is 0 Å². The summed E-state index contributed by atoms with van der Waals surface area (Å²) >= 11 is 0. The molecule has 0 aromatic carbocycles. The maximum absolute atomic E-state index is 10.4. The van der Waals surface area contributed by atoms with Crippen molar-refractivity contribution >= 4 is 18.4 Å². The summed E-state index contributed by atoms with van der Waals surface area (Å²) < 4.78 is 0. The first-order valence-electron chi connectivity index (χ1n) is 4.00. The number of hydrogen-bond donors (Lipinski definition) is 3. The van der Waals surface area contributed by atoms with Crippen LogP contribution in [0.25, 0.3) is 0 Å². The summed E-state index contributed by atoms with van der Waals surface area (Å²) in [5.74, 6) is 0. The molecular weight excluding hydrogens is 178 g/mol. The molecular formula is C7H16ClN3O. The minimum atomic E-state index is -0.425. The van der Waals surface area contributed by atoms with E-state index in [0.29, 0.717) is 6.04 Å². The van der Waals surface area contributed by atoms with E-state index in [1.165, 1.54) is 0 Å². The molecule has 4 nitrogen and oxygen atoms in total. The molecule has 12 heavy (non-hydrogen) atoms. The largest absolute Gasteiger partial charge is 0.352 e. The number of halogens is 1. The number of hydrogen-bond acceptors (Lipinski definition) is 2. The van der Waals surface area contributed by atoms with E-state index >= 15 is 0 Å². The SMILES string of the molecule is Cl.NC(=O)NC1CCC(N)CC1. The fourth-order valence-corrected chi connectivity index (χ4v) is 1.46. The molecule has 0 heterocycles. The maximum atomic E-state index is 10.4. The molecule has 0 spiro atoms. The van der Waals surface area contributed by atoms with E-state index in [9.17, 15) is 4.79 Å². The molecule has 0 aromatic rings. The van der Waals surface area contributed by atoms with Crippen LogP contribution in [0.15, 0.2) is 0 Å². The smallest absolute Gasteiger partial charge is 0.312 e. The van der Waals surface area contributed by atoms with Crippen LogP contribution in [0.3, 0.4) is 0 Å². The Balaban J connectivity index is 0.00000121. The lowest BCUT2D eigenvalue weighted by molar-refractivity contribution is 0.239. The Bertz CT molecular complexity index is 146. The first kappa shape index (κ1) is 11.5. The average Bonchev–Trinajstić information content (AvgIpc) is 1.93. The molecule has 5 heteroatoms. The first-order chi connectivity index (χ1) is 5.18. The topological polar surface area (TPSA) is 81.1 Å². The molecule has 1 rings (SSSR count). The third kappa shape index (κ3) is 3.78. The van der Waals surface area contributed by atoms with Crippen LogP contribution in [-0.2, 0) is 0 Å². The minimum Gasteiger partial charge on any atom is -0.352 e. The van der Waals surface area contributed by atoms with Gasteiger partial charge in [-0.15, -0.1) is 12.4 Å². The van der Waals surface area contributed by atoms with E-state index in [0.717, 1.165) is 25.7 Å². The lowest BCUT2D eigenvalue weighted by Gasteiger charge is -2.25. The monoisotopic (exact) mass is 193 g/mol. The fraction of sp³-hybridized carbons (Fsp3) is 0.857. The molecule has 5 N–H and O–H groups in total. The number of nitrogens with two attached hydrogens (primary N) is 2. The van der Waals surface area contributed by atoms with Crippen LogP contribution in [0.4, 0.5) is 4.79 Å². The molecule has 1 aliphatic rings. The number of amides is 2. The Morgan fingerprint density at radius 3 is 2.17 bits per heavy atom. The average molecular weight is 194 g/mol. The Morgan fingerprint density at radius 1 is 1.25 bits per heavy atom. The minimum absolute atomic E-state index is 0. The van der Waals surface area contributed by atoms with Gasteiger partial charge in [-0.1, -0.05) is 0 Å². The number of carbonyl (C=O) groups is 1. The summed E-state index contributed by atoms with van der Waals surface area (Å²) in [5.41, 5.74) is 10.7. The lowest BCUT2D eigenvalue weighted by Crippen LogP contribution is -2.42. The maximum Gasteiger partial charge on any atom is 0.312 e. The molecule has 1 saturated carbocycles. The Labute approximate surface area is 78.5 Å². The molecule has 2 amide bonds. The van der Waals surface area contributed by atoms with Crippen LogP contribution in [0.2, 0.25) is 0 Å². The molecule has 0 radical (unpaired) electrons. The van der Waals surface area contributed by atoms with E-state index in [4.69, 9.17) is 11.5 Å². The van der Waals surface area contributed by atoms with Gasteiger partial charge in [0.05, 0.1) is 0 Å². The molecule has 0 saturated heterocycles. The summed E-state index contributed by atoms with van der Waals surface area (Å²) in [4.78, 5) is 10.4. The molecule has 0 atom stereocenters. The summed E-state index contributed by atoms with van der Waals surface area (Å²) in [6.45, 7) is 0. The van der Waals surface area contributed by atoms with Gasteiger partial charge in [-0.25, -0.2) is 4.79 Å². The van der Waals surface area contributed by atoms with E-state index in [1.807, 2.05) is 0 Å². The second kappa shape index (κ2) is 5.22. The zero-order chi connectivity index (χ0) is 8.27. The number of rotatable bonds is 1. The second-order valence-electron chi connectivity index (χ2n) is 3.12. The van der Waals surface area contributed by atoms with Crippen molar-refractivity contribution in [3.8, 4) is 0 Å². The molecule has 1 fully saturated rings. The Kier molecular flexibility index (Phi) is 5.01. The molecule has 72 valence electrons. The van der Waals surface area contributed by atoms with Gasteiger partial charge < -0.3 is 16.8 Å². The van der Waals surface area contributed by atoms with Crippen molar-refractivity contribution in [3.05, 3.63) is 0 Å². The standard InChI is InChI=1S/C7H15N3O.ClH/c8-5-1-3-6(4-2-5)10-7(9)11;/h5-6H,1-4,8H2,(H3,9,10,11);1H. The summed E-state index contributed by atoms with van der Waals surface area (Å²) in [6.07, 6.45) is 3.91. The number of carbonyl (C=O) groups excluding carboxylic acids is 1. The van der Waals surface area contributed by atoms with Gasteiger partial charge in [-0.05, 0) is 25.7 Å². The summed E-state index contributed by atoms with van der Waals surface area (Å²) in [5, 5.41) is 2.69. The first-order valence-corrected chi connectivity index (χ1v) is 4.00. The van der Waals surface area contributed by atoms with Crippen LogP contribution >= 0.6 is 12.4 Å². The summed E-state index contributed by atoms with van der Waals surface area (Å²) in [7, 11) is 0. The van der Waals surface area contributed by atoms with E-state index in [2.05, 4.69) is 5.32 Å². The zero-order valence-electron chi connectivity index (χ0n) is 6.95. The summed E-state index contributed by atoms with van der Waals surface area (Å²) in [6, 6.07) is 0.152. The van der Waals surface area contributed by atoms with Crippen molar-refractivity contribution in [3.63, 3.8) is 0 Å². The highest BCUT2D eigenvalue weighted by Gasteiger charge is 2.18. The molecule has 0 bridgehead atoms. The van der Waals surface area contributed by atoms with Crippen molar-refractivity contribution in [2.75, 3.05) is 0 Å². The van der Waals surface area contributed by atoms with E-state index in [1.54, 1.807) is 0 Å². The zero-order valence-corrected chi connectivity index (χ0v) is 7.77. The van der Waals surface area contributed by atoms with Gasteiger partial charge >= 0.3 is 6.03 Å². The lowest BCUT2D eigenvalue weighted by atomic mass is 9.92. The van der Waals surface area contributed by atoms with Gasteiger partial charge in [0.2, 0.25) is 0 Å². The highest BCUT2D eigenvalue weighted by molar-refractivity contribution is 5.85. The van der Waals surface area contributed by atoms with Gasteiger partial charge in [0, 0.05) is 12.1 Å². The highest BCUT2D eigenvalue weighted by Crippen LogP contribution is 2.16. The van der Waals surface area contributed by atoms with Crippen molar-refractivity contribution in [2.24, 2.45) is 11.5 Å². The predicted molar refractivity (Wildman–Crippen MR) is 50.2 cm³/mol. The third-order valence-corrected chi connectivity index (χ3v) is 2.12. The third-order valence-electron chi connectivity index (χ3n) is 2.12. The number of primary amides is 1. The van der Waals surface area contributed by atoms with Crippen LogP contribution in [0.1, 0.15) is 25.7 Å². The normalized spacial score (nSPS) is 28.8. The number of urea groups is 1. The molecule has 0 unspecified atom stereocenters. The predicted octanol–water partition coefficient (Wildman–Crippen LogP) is 0.346. The molecule has 0 aromatic heterocycles. The van der Waals surface area contributed by atoms with Crippen molar-refractivity contribution in [1.82, 2.24) is 5.32 Å². The van der Waals surface area contributed by atoms with Crippen LogP contribution in [0, 0.1) is 0 Å². The number of nitrogens with one attached hydrogen (secondary N) is 1. The quantitative estimate of drug-likeness (QED) is 0.562. The van der Waals surface area contributed by atoms with E-state index < -0.39 is 6.03 Å². The van der Waals surface area contributed by atoms with Gasteiger partial charge in [-0.2, -0.15) is 0 Å². The fourth-order valence-electron chi connectivity index (χ4n) is 1.46. The van der Waals surface area contributed by atoms with Crippen LogP contribution in [0.5, 0.6) is 0 Å². The van der Waals surface area contributed by atoms with Gasteiger partial charge in [-0.3, -0.25) is 0 Å².